The lowest BCUT2D eigenvalue weighted by Gasteiger charge is -2.33. The number of halogens is 1. The summed E-state index contributed by atoms with van der Waals surface area (Å²) in [4.78, 5) is 24.4. The highest BCUT2D eigenvalue weighted by Crippen LogP contribution is 2.28. The molecule has 0 radical (unpaired) electrons. The molecule has 0 heterocycles. The molecule has 3 rings (SSSR count). The van der Waals surface area contributed by atoms with E-state index in [2.05, 4.69) is 17.2 Å². The molecule has 2 atom stereocenters. The van der Waals surface area contributed by atoms with Crippen LogP contribution in [0.4, 0.5) is 0 Å². The van der Waals surface area contributed by atoms with Crippen LogP contribution in [0.2, 0.25) is 5.02 Å². The van der Waals surface area contributed by atoms with E-state index in [1.165, 1.54) is 0 Å². The number of benzene rings is 2. The van der Waals surface area contributed by atoms with Crippen LogP contribution >= 0.6 is 11.6 Å². The molecule has 0 spiro atoms. The molecule has 4 nitrogen and oxygen atoms in total. The zero-order valence-electron chi connectivity index (χ0n) is 16.2. The van der Waals surface area contributed by atoms with Crippen molar-refractivity contribution in [3.63, 3.8) is 0 Å². The maximum absolute atomic E-state index is 12.3. The molecule has 0 aromatic heterocycles. The summed E-state index contributed by atoms with van der Waals surface area (Å²) in [6.45, 7) is 0. The van der Waals surface area contributed by atoms with Crippen LogP contribution in [0.1, 0.15) is 54.4 Å². The van der Waals surface area contributed by atoms with Crippen LogP contribution in [0.25, 0.3) is 0 Å². The first-order chi connectivity index (χ1) is 13.9. The molecule has 5 heteroatoms. The van der Waals surface area contributed by atoms with Gasteiger partial charge in [0.15, 0.2) is 5.78 Å². The number of hydrogen-bond donors (Lipinski definition) is 2. The average molecular weight is 410 g/mol. The second-order valence-electron chi connectivity index (χ2n) is 7.44. The van der Waals surface area contributed by atoms with Crippen LogP contribution in [0.3, 0.4) is 0 Å². The van der Waals surface area contributed by atoms with Gasteiger partial charge in [0.25, 0.3) is 0 Å². The molecule has 1 fully saturated rings. The van der Waals surface area contributed by atoms with Gasteiger partial charge < -0.3 is 10.4 Å². The third kappa shape index (κ3) is 6.45. The van der Waals surface area contributed by atoms with Gasteiger partial charge >= 0.3 is 0 Å². The predicted octanol–water partition coefficient (Wildman–Crippen LogP) is 4.14. The van der Waals surface area contributed by atoms with Gasteiger partial charge in [-0.25, -0.2) is 0 Å². The summed E-state index contributed by atoms with van der Waals surface area (Å²) in [5.41, 5.74) is 0.221. The topological polar surface area (TPSA) is 66.4 Å². The van der Waals surface area contributed by atoms with Crippen molar-refractivity contribution < 1.29 is 14.7 Å². The third-order valence-electron chi connectivity index (χ3n) is 5.03. The van der Waals surface area contributed by atoms with Crippen LogP contribution in [0.15, 0.2) is 54.6 Å². The standard InChI is InChI=1S/C24H24ClNO3/c25-20-9-4-6-18(16-20)13-15-24(29)14-5-10-21(17-24)26-23(28)12-11-22(27)19-7-2-1-3-8-19/h1-4,6-9,16,21,29H,5,10-12,14,17H2,(H,26,28)/t21-,24+/m0/s1. The van der Waals surface area contributed by atoms with E-state index in [4.69, 9.17) is 11.6 Å². The van der Waals surface area contributed by atoms with Crippen molar-refractivity contribution in [3.8, 4) is 11.8 Å². The number of amides is 1. The molecular weight excluding hydrogens is 386 g/mol. The fourth-order valence-electron chi connectivity index (χ4n) is 3.54. The fourth-order valence-corrected chi connectivity index (χ4v) is 3.73. The van der Waals surface area contributed by atoms with Crippen LogP contribution in [-0.4, -0.2) is 28.4 Å². The Morgan fingerprint density at radius 3 is 2.69 bits per heavy atom. The molecule has 29 heavy (non-hydrogen) atoms. The van der Waals surface area contributed by atoms with Crippen LogP contribution in [0, 0.1) is 11.8 Å². The van der Waals surface area contributed by atoms with Crippen molar-refractivity contribution >= 4 is 23.3 Å². The van der Waals surface area contributed by atoms with E-state index in [1.54, 1.807) is 36.4 Å². The van der Waals surface area contributed by atoms with Crippen molar-refractivity contribution in [1.29, 1.82) is 0 Å². The zero-order valence-corrected chi connectivity index (χ0v) is 16.9. The van der Waals surface area contributed by atoms with Crippen LogP contribution in [0.5, 0.6) is 0 Å². The Hall–Kier alpha value is -2.61. The van der Waals surface area contributed by atoms with Gasteiger partial charge in [-0.3, -0.25) is 9.59 Å². The fraction of sp³-hybridized carbons (Fsp3) is 0.333. The van der Waals surface area contributed by atoms with Crippen molar-refractivity contribution in [2.24, 2.45) is 0 Å². The molecule has 0 saturated heterocycles. The molecule has 2 aromatic carbocycles. The summed E-state index contributed by atoms with van der Waals surface area (Å²) in [6.07, 6.45) is 2.81. The Labute approximate surface area is 176 Å². The van der Waals surface area contributed by atoms with Crippen molar-refractivity contribution in [1.82, 2.24) is 5.32 Å². The van der Waals surface area contributed by atoms with Gasteiger partial charge in [0, 0.05) is 41.5 Å². The van der Waals surface area contributed by atoms with Crippen LogP contribution in [-0.2, 0) is 4.79 Å². The number of aliphatic hydroxyl groups is 1. The first kappa shape index (κ1) is 21.1. The van der Waals surface area contributed by atoms with Gasteiger partial charge in [-0.1, -0.05) is 59.8 Å². The molecule has 150 valence electrons. The Morgan fingerprint density at radius 1 is 1.14 bits per heavy atom. The third-order valence-corrected chi connectivity index (χ3v) is 5.27. The van der Waals surface area contributed by atoms with Crippen molar-refractivity contribution in [2.75, 3.05) is 0 Å². The lowest BCUT2D eigenvalue weighted by atomic mass is 9.82. The first-order valence-corrected chi connectivity index (χ1v) is 10.2. The van der Waals surface area contributed by atoms with Crippen LogP contribution < -0.4 is 5.32 Å². The maximum Gasteiger partial charge on any atom is 0.220 e. The zero-order chi connectivity index (χ0) is 20.7. The highest BCUT2D eigenvalue weighted by atomic mass is 35.5. The Balaban J connectivity index is 1.52. The van der Waals surface area contributed by atoms with E-state index in [0.29, 0.717) is 23.4 Å². The smallest absolute Gasteiger partial charge is 0.220 e. The molecule has 1 aliphatic carbocycles. The molecule has 0 aliphatic heterocycles. The number of carbonyl (C=O) groups excluding carboxylic acids is 2. The van der Waals surface area contributed by atoms with Gasteiger partial charge in [-0.15, -0.1) is 0 Å². The Bertz CT molecular complexity index is 932. The number of nitrogens with one attached hydrogen (secondary N) is 1. The summed E-state index contributed by atoms with van der Waals surface area (Å²) in [5, 5.41) is 14.4. The molecule has 1 saturated carbocycles. The van der Waals surface area contributed by atoms with Gasteiger partial charge in [-0.05, 0) is 37.5 Å². The van der Waals surface area contributed by atoms with E-state index in [-0.39, 0.29) is 30.6 Å². The minimum atomic E-state index is -1.14. The average Bonchev–Trinajstić information content (AvgIpc) is 2.71. The van der Waals surface area contributed by atoms with Crippen molar-refractivity contribution in [3.05, 3.63) is 70.7 Å². The SMILES string of the molecule is O=C(CCC(=O)c1ccccc1)N[C@H]1CCC[C@@](O)(C#Cc2cccc(Cl)c2)C1. The van der Waals surface area contributed by atoms with E-state index in [9.17, 15) is 14.7 Å². The molecule has 0 unspecified atom stereocenters. The highest BCUT2D eigenvalue weighted by Gasteiger charge is 2.33. The van der Waals surface area contributed by atoms with Gasteiger partial charge in [0.05, 0.1) is 0 Å². The van der Waals surface area contributed by atoms with Gasteiger partial charge in [0.2, 0.25) is 5.91 Å². The summed E-state index contributed by atoms with van der Waals surface area (Å²) in [5.74, 6) is 5.72. The Morgan fingerprint density at radius 2 is 1.93 bits per heavy atom. The quantitative estimate of drug-likeness (QED) is 0.576. The normalized spacial score (nSPS) is 21.0. The van der Waals surface area contributed by atoms with E-state index >= 15 is 0 Å². The number of Topliss-reactive ketones (excluding diaryl/α,β-unsaturated/α-hetero) is 1. The lowest BCUT2D eigenvalue weighted by molar-refractivity contribution is -0.122. The molecular formula is C24H24ClNO3. The summed E-state index contributed by atoms with van der Waals surface area (Å²) in [7, 11) is 0. The minimum Gasteiger partial charge on any atom is -0.378 e. The highest BCUT2D eigenvalue weighted by molar-refractivity contribution is 6.30. The number of carbonyl (C=O) groups is 2. The van der Waals surface area contributed by atoms with E-state index in [0.717, 1.165) is 18.4 Å². The second-order valence-corrected chi connectivity index (χ2v) is 7.88. The second kappa shape index (κ2) is 9.73. The largest absolute Gasteiger partial charge is 0.378 e. The number of ketones is 1. The van der Waals surface area contributed by atoms with E-state index < -0.39 is 5.60 Å². The van der Waals surface area contributed by atoms with E-state index in [1.807, 2.05) is 18.2 Å². The van der Waals surface area contributed by atoms with Gasteiger partial charge in [-0.2, -0.15) is 0 Å². The molecule has 1 amide bonds. The van der Waals surface area contributed by atoms with Crippen molar-refractivity contribution in [2.45, 2.75) is 50.2 Å². The molecule has 2 aromatic rings. The van der Waals surface area contributed by atoms with Gasteiger partial charge in [0.1, 0.15) is 5.60 Å². The monoisotopic (exact) mass is 409 g/mol. The molecule has 1 aliphatic rings. The summed E-state index contributed by atoms with van der Waals surface area (Å²) >= 11 is 5.97. The number of hydrogen-bond acceptors (Lipinski definition) is 3. The first-order valence-electron chi connectivity index (χ1n) is 9.82. The number of rotatable bonds is 5. The molecule has 0 bridgehead atoms. The summed E-state index contributed by atoms with van der Waals surface area (Å²) < 4.78 is 0. The minimum absolute atomic E-state index is 0.0479. The predicted molar refractivity (Wildman–Crippen MR) is 114 cm³/mol. The lowest BCUT2D eigenvalue weighted by Crippen LogP contribution is -2.45. The maximum atomic E-state index is 12.3. The molecule has 2 N–H and O–H groups in total. The Kier molecular flexibility index (Phi) is 7.09. The summed E-state index contributed by atoms with van der Waals surface area (Å²) in [6, 6.07) is 16.0.